The van der Waals surface area contributed by atoms with Crippen LogP contribution < -0.4 is 9.47 Å². The van der Waals surface area contributed by atoms with Gasteiger partial charge in [0.1, 0.15) is 42.5 Å². The van der Waals surface area contributed by atoms with Crippen molar-refractivity contribution in [3.8, 4) is 23.6 Å². The Kier molecular flexibility index (Phi) is 41.2. The van der Waals surface area contributed by atoms with Crippen LogP contribution in [0.1, 0.15) is 236 Å². The molecule has 13 heteroatoms. The van der Waals surface area contributed by atoms with Gasteiger partial charge in [-0.1, -0.05) is 224 Å². The predicted molar refractivity (Wildman–Crippen MR) is 299 cm³/mol. The number of aliphatic hydroxyl groups is 1. The number of aliphatic hydroxyl groups excluding tert-OH is 1. The summed E-state index contributed by atoms with van der Waals surface area (Å²) < 4.78 is 53.7. The standard InChI is InChI=1S/C34H52N2O5S.C27H46N2O3/c1-3-4-5-6-7-8-9-10-11-12-13-14-15-16-17-18-23-39-28-33(41-32-24-31(25-35)26-36-27-32)29-40-42(37,38)34-21-19-30(2)20-22-34;1-2-3-4-5-6-7-8-9-10-11-12-13-14-15-16-17-18-31-24-27(23-30)32-26-19-25(20-28)21-29-22-26/h19-22,24,26-27,33H,3-18,23,28-29H2,1-2H3;19,21-22,27,30H,2-18,23-24H2,1H3/t33-;27-/m10/s1. The van der Waals surface area contributed by atoms with E-state index in [4.69, 9.17) is 33.7 Å². The molecule has 0 aliphatic rings. The first-order valence-electron chi connectivity index (χ1n) is 29.0. The van der Waals surface area contributed by atoms with Crippen molar-refractivity contribution in [2.75, 3.05) is 39.6 Å². The first-order chi connectivity index (χ1) is 36.2. The Labute approximate surface area is 449 Å². The summed E-state index contributed by atoms with van der Waals surface area (Å²) >= 11 is 0. The second kappa shape index (κ2) is 46.2. The fraction of sp³-hybridized carbons (Fsp3) is 0.705. The number of rotatable bonds is 47. The van der Waals surface area contributed by atoms with Crippen molar-refractivity contribution in [2.24, 2.45) is 0 Å². The van der Waals surface area contributed by atoms with Crippen molar-refractivity contribution in [3.05, 3.63) is 77.9 Å². The van der Waals surface area contributed by atoms with E-state index in [0.29, 0.717) is 42.4 Å². The molecule has 0 bridgehead atoms. The maximum absolute atomic E-state index is 12.7. The van der Waals surface area contributed by atoms with Gasteiger partial charge in [0, 0.05) is 37.7 Å². The van der Waals surface area contributed by atoms with Gasteiger partial charge in [0.05, 0.1) is 48.2 Å². The highest BCUT2D eigenvalue weighted by molar-refractivity contribution is 7.86. The Morgan fingerprint density at radius 2 is 0.824 bits per heavy atom. The summed E-state index contributed by atoms with van der Waals surface area (Å²) in [6.07, 6.45) is 47.5. The number of hydrogen-bond acceptors (Lipinski definition) is 12. The van der Waals surface area contributed by atoms with Gasteiger partial charge in [-0.2, -0.15) is 18.9 Å². The van der Waals surface area contributed by atoms with Gasteiger partial charge in [-0.25, -0.2) is 0 Å². The van der Waals surface area contributed by atoms with E-state index in [2.05, 4.69) is 23.8 Å². The minimum absolute atomic E-state index is 0.0917. The van der Waals surface area contributed by atoms with Crippen LogP contribution in [0.3, 0.4) is 0 Å². The van der Waals surface area contributed by atoms with Gasteiger partial charge in [0.15, 0.2) is 0 Å². The van der Waals surface area contributed by atoms with Crippen LogP contribution in [0.25, 0.3) is 0 Å². The third-order valence-corrected chi connectivity index (χ3v) is 14.4. The molecule has 416 valence electrons. The highest BCUT2D eigenvalue weighted by Gasteiger charge is 2.21. The van der Waals surface area contributed by atoms with Crippen LogP contribution in [-0.4, -0.2) is 75.3 Å². The molecular formula is C61H98N4O8S. The molecule has 12 nitrogen and oxygen atoms in total. The summed E-state index contributed by atoms with van der Waals surface area (Å²) in [6, 6.07) is 13.7. The summed E-state index contributed by atoms with van der Waals surface area (Å²) in [6.45, 7) is 7.85. The second-order valence-electron chi connectivity index (χ2n) is 20.0. The first-order valence-corrected chi connectivity index (χ1v) is 30.4. The Balaban J connectivity index is 0.000000526. The molecule has 3 aromatic rings. The molecule has 0 saturated carbocycles. The van der Waals surface area contributed by atoms with Crippen LogP contribution in [0.2, 0.25) is 0 Å². The lowest BCUT2D eigenvalue weighted by Gasteiger charge is -2.19. The molecule has 1 N–H and O–H groups in total. The number of nitriles is 2. The molecule has 0 saturated heterocycles. The Bertz CT molecular complexity index is 1970. The summed E-state index contributed by atoms with van der Waals surface area (Å²) in [5.41, 5.74) is 1.75. The van der Waals surface area contributed by atoms with Crippen LogP contribution in [0.4, 0.5) is 0 Å². The predicted octanol–water partition coefficient (Wildman–Crippen LogP) is 15.7. The fourth-order valence-corrected chi connectivity index (χ4v) is 9.52. The molecule has 0 radical (unpaired) electrons. The van der Waals surface area contributed by atoms with E-state index in [0.717, 1.165) is 24.8 Å². The Morgan fingerprint density at radius 3 is 1.18 bits per heavy atom. The highest BCUT2D eigenvalue weighted by Crippen LogP contribution is 2.19. The average molecular weight is 1050 g/mol. The first kappa shape index (κ1) is 66.0. The zero-order chi connectivity index (χ0) is 53.4. The largest absolute Gasteiger partial charge is 0.484 e. The van der Waals surface area contributed by atoms with Crippen LogP contribution in [0.5, 0.6) is 11.5 Å². The zero-order valence-electron chi connectivity index (χ0n) is 46.3. The lowest BCUT2D eigenvalue weighted by molar-refractivity contribution is 0.0187. The minimum Gasteiger partial charge on any atom is -0.484 e. The fourth-order valence-electron chi connectivity index (χ4n) is 8.59. The van der Waals surface area contributed by atoms with Gasteiger partial charge in [0.25, 0.3) is 10.1 Å². The molecule has 0 unspecified atom stereocenters. The lowest BCUT2D eigenvalue weighted by Crippen LogP contribution is -2.30. The van der Waals surface area contributed by atoms with Gasteiger partial charge < -0.3 is 24.1 Å². The monoisotopic (exact) mass is 1050 g/mol. The van der Waals surface area contributed by atoms with Gasteiger partial charge in [-0.05, 0) is 31.9 Å². The van der Waals surface area contributed by atoms with Crippen molar-refractivity contribution in [3.63, 3.8) is 0 Å². The van der Waals surface area contributed by atoms with Crippen molar-refractivity contribution < 1.29 is 36.7 Å². The molecule has 0 fully saturated rings. The molecule has 74 heavy (non-hydrogen) atoms. The van der Waals surface area contributed by atoms with E-state index in [1.165, 1.54) is 217 Å². The van der Waals surface area contributed by atoms with Gasteiger partial charge >= 0.3 is 0 Å². The minimum atomic E-state index is -3.94. The Hall–Kier alpha value is -4.11. The summed E-state index contributed by atoms with van der Waals surface area (Å²) in [5, 5.41) is 27.5. The normalized spacial score (nSPS) is 12.1. The van der Waals surface area contributed by atoms with Crippen LogP contribution >= 0.6 is 0 Å². The van der Waals surface area contributed by atoms with E-state index in [-0.39, 0.29) is 24.7 Å². The van der Waals surface area contributed by atoms with Crippen LogP contribution in [0.15, 0.2) is 66.1 Å². The molecule has 0 aliphatic heterocycles. The highest BCUT2D eigenvalue weighted by atomic mass is 32.2. The maximum atomic E-state index is 12.7. The average Bonchev–Trinajstić information content (AvgIpc) is 3.41. The van der Waals surface area contributed by atoms with Crippen molar-refractivity contribution in [2.45, 2.75) is 243 Å². The summed E-state index contributed by atoms with van der Waals surface area (Å²) in [7, 11) is -3.94. The van der Waals surface area contributed by atoms with Gasteiger partial charge in [-0.15, -0.1) is 0 Å². The van der Waals surface area contributed by atoms with Crippen molar-refractivity contribution in [1.29, 1.82) is 10.5 Å². The maximum Gasteiger partial charge on any atom is 0.297 e. The second-order valence-corrected chi connectivity index (χ2v) is 21.6. The number of hydrogen-bond donors (Lipinski definition) is 1. The molecule has 2 heterocycles. The van der Waals surface area contributed by atoms with E-state index in [1.807, 2.05) is 19.1 Å². The lowest BCUT2D eigenvalue weighted by atomic mass is 10.0. The number of aryl methyl sites for hydroxylation is 1. The Morgan fingerprint density at radius 1 is 0.486 bits per heavy atom. The molecule has 0 amide bonds. The van der Waals surface area contributed by atoms with Gasteiger partial charge in [-0.3, -0.25) is 14.2 Å². The number of aromatic nitrogens is 2. The van der Waals surface area contributed by atoms with E-state index in [1.54, 1.807) is 30.5 Å². The molecule has 3 rings (SSSR count). The molecule has 2 aromatic heterocycles. The number of nitrogens with zero attached hydrogens (tertiary/aromatic N) is 4. The summed E-state index contributed by atoms with van der Waals surface area (Å²) in [4.78, 5) is 8.06. The van der Waals surface area contributed by atoms with Gasteiger partial charge in [0.2, 0.25) is 0 Å². The number of benzene rings is 1. The third kappa shape index (κ3) is 36.0. The summed E-state index contributed by atoms with van der Waals surface area (Å²) in [5.74, 6) is 0.843. The van der Waals surface area contributed by atoms with Crippen molar-refractivity contribution in [1.82, 2.24) is 9.97 Å². The molecule has 2 atom stereocenters. The molecule has 1 aromatic carbocycles. The third-order valence-electron chi connectivity index (χ3n) is 13.1. The number of unbranched alkanes of at least 4 members (excludes halogenated alkanes) is 30. The van der Waals surface area contributed by atoms with E-state index >= 15 is 0 Å². The molecule has 0 spiro atoms. The van der Waals surface area contributed by atoms with Crippen molar-refractivity contribution >= 4 is 10.1 Å². The van der Waals surface area contributed by atoms with E-state index in [9.17, 15) is 13.5 Å². The number of ether oxygens (including phenoxy) is 4. The molecule has 0 aliphatic carbocycles. The topological polar surface area (TPSA) is 174 Å². The zero-order valence-corrected chi connectivity index (χ0v) is 47.1. The quantitative estimate of drug-likeness (QED) is 0.0419. The number of pyridine rings is 2. The SMILES string of the molecule is CCCCCCCCCCCCCCCCCCOC[C@H](CO)Oc1cncc(C#N)c1.CCCCCCCCCCCCCCCCCCOC[C@H](COS(=O)(=O)c1ccc(C)cc1)Oc1cncc(C#N)c1. The van der Waals surface area contributed by atoms with Crippen LogP contribution in [-0.2, 0) is 23.8 Å². The van der Waals surface area contributed by atoms with E-state index < -0.39 is 22.3 Å². The molecular weight excluding hydrogens is 949 g/mol. The van der Waals surface area contributed by atoms with Crippen LogP contribution in [0, 0.1) is 29.6 Å². The smallest absolute Gasteiger partial charge is 0.297 e.